The van der Waals surface area contributed by atoms with E-state index in [0.29, 0.717) is 18.3 Å². The SMILES string of the molecule is CC(C)c1noc([C@H]2CCCN2C(=O)CNc2nc3ccccc3s2)n1. The van der Waals surface area contributed by atoms with E-state index in [1.165, 1.54) is 0 Å². The number of hydrogen-bond donors (Lipinski definition) is 1. The van der Waals surface area contributed by atoms with Gasteiger partial charge in [-0.15, -0.1) is 0 Å². The van der Waals surface area contributed by atoms with Crippen molar-refractivity contribution in [1.82, 2.24) is 20.0 Å². The maximum atomic E-state index is 12.7. The van der Waals surface area contributed by atoms with Crippen LogP contribution in [0.2, 0.25) is 0 Å². The Kier molecular flexibility index (Phi) is 4.58. The van der Waals surface area contributed by atoms with Crippen LogP contribution in [-0.2, 0) is 4.79 Å². The zero-order valence-corrected chi connectivity index (χ0v) is 15.6. The molecule has 1 amide bonds. The average Bonchev–Trinajstić information content (AvgIpc) is 3.37. The van der Waals surface area contributed by atoms with Gasteiger partial charge in [-0.2, -0.15) is 4.98 Å². The molecule has 7 nitrogen and oxygen atoms in total. The molecule has 0 unspecified atom stereocenters. The number of nitrogens with one attached hydrogen (secondary N) is 1. The van der Waals surface area contributed by atoms with Gasteiger partial charge in [-0.3, -0.25) is 4.79 Å². The number of anilines is 1. The molecule has 0 aliphatic carbocycles. The zero-order chi connectivity index (χ0) is 18.1. The molecule has 4 rings (SSSR count). The monoisotopic (exact) mass is 371 g/mol. The first-order valence-corrected chi connectivity index (χ1v) is 9.66. The number of carbonyl (C=O) groups is 1. The summed E-state index contributed by atoms with van der Waals surface area (Å²) in [5.74, 6) is 1.46. The smallest absolute Gasteiger partial charge is 0.249 e. The molecule has 0 radical (unpaired) electrons. The number of carbonyl (C=O) groups excluding carboxylic acids is 1. The van der Waals surface area contributed by atoms with Gasteiger partial charge in [0.2, 0.25) is 11.8 Å². The standard InChI is InChI=1S/C18H21N5O2S/c1-11(2)16-21-17(25-22-16)13-7-5-9-23(13)15(24)10-19-18-20-12-6-3-4-8-14(12)26-18/h3-4,6,8,11,13H,5,7,9-10H2,1-2H3,(H,19,20)/t13-/m1/s1. The second-order valence-corrected chi connectivity index (χ2v) is 7.76. The predicted octanol–water partition coefficient (Wildman–Crippen LogP) is 3.58. The quantitative estimate of drug-likeness (QED) is 0.738. The van der Waals surface area contributed by atoms with Gasteiger partial charge in [0.05, 0.1) is 16.8 Å². The first-order valence-electron chi connectivity index (χ1n) is 8.84. The van der Waals surface area contributed by atoms with Crippen LogP contribution in [0.4, 0.5) is 5.13 Å². The van der Waals surface area contributed by atoms with E-state index in [1.54, 1.807) is 11.3 Å². The maximum absolute atomic E-state index is 12.7. The fourth-order valence-electron chi connectivity index (χ4n) is 3.14. The summed E-state index contributed by atoms with van der Waals surface area (Å²) in [6.45, 7) is 4.97. The molecule has 8 heteroatoms. The van der Waals surface area contributed by atoms with Crippen molar-refractivity contribution in [3.05, 3.63) is 36.0 Å². The number of hydrogen-bond acceptors (Lipinski definition) is 7. The Bertz CT molecular complexity index is 886. The van der Waals surface area contributed by atoms with Crippen LogP contribution >= 0.6 is 11.3 Å². The number of thiazole rings is 1. The van der Waals surface area contributed by atoms with Crippen molar-refractivity contribution in [2.45, 2.75) is 38.6 Å². The molecule has 0 saturated carbocycles. The molecule has 1 aliphatic rings. The van der Waals surface area contributed by atoms with Gasteiger partial charge in [-0.1, -0.05) is 42.5 Å². The highest BCUT2D eigenvalue weighted by atomic mass is 32.1. The van der Waals surface area contributed by atoms with Crippen molar-refractivity contribution in [2.24, 2.45) is 0 Å². The first-order chi connectivity index (χ1) is 12.6. The number of rotatable bonds is 5. The van der Waals surface area contributed by atoms with Crippen LogP contribution in [0.15, 0.2) is 28.8 Å². The number of para-hydroxylation sites is 1. The van der Waals surface area contributed by atoms with Gasteiger partial charge in [0.25, 0.3) is 0 Å². The van der Waals surface area contributed by atoms with Crippen molar-refractivity contribution in [3.63, 3.8) is 0 Å². The van der Waals surface area contributed by atoms with E-state index in [2.05, 4.69) is 20.4 Å². The van der Waals surface area contributed by atoms with Crippen LogP contribution in [0.1, 0.15) is 50.4 Å². The summed E-state index contributed by atoms with van der Waals surface area (Å²) in [6.07, 6.45) is 1.80. The average molecular weight is 371 g/mol. The number of benzene rings is 1. The summed E-state index contributed by atoms with van der Waals surface area (Å²) in [6, 6.07) is 7.82. The first kappa shape index (κ1) is 17.0. The molecule has 1 aromatic carbocycles. The van der Waals surface area contributed by atoms with Gasteiger partial charge in [0.15, 0.2) is 11.0 Å². The molecule has 1 aliphatic heterocycles. The summed E-state index contributed by atoms with van der Waals surface area (Å²) in [5, 5.41) is 7.94. The van der Waals surface area contributed by atoms with E-state index < -0.39 is 0 Å². The second-order valence-electron chi connectivity index (χ2n) is 6.73. The highest BCUT2D eigenvalue weighted by Crippen LogP contribution is 2.32. The number of aromatic nitrogens is 3. The molecule has 1 saturated heterocycles. The minimum atomic E-state index is -0.125. The third kappa shape index (κ3) is 3.29. The van der Waals surface area contributed by atoms with Crippen LogP contribution < -0.4 is 5.32 Å². The number of fused-ring (bicyclic) bond motifs is 1. The molecule has 136 valence electrons. The lowest BCUT2D eigenvalue weighted by Gasteiger charge is -2.21. The number of nitrogens with zero attached hydrogens (tertiary/aromatic N) is 4. The highest BCUT2D eigenvalue weighted by molar-refractivity contribution is 7.22. The zero-order valence-electron chi connectivity index (χ0n) is 14.8. The van der Waals surface area contributed by atoms with Crippen molar-refractivity contribution in [1.29, 1.82) is 0 Å². The van der Waals surface area contributed by atoms with Crippen LogP contribution in [0, 0.1) is 0 Å². The second kappa shape index (κ2) is 7.03. The van der Waals surface area contributed by atoms with Gasteiger partial charge in [-0.25, -0.2) is 4.98 Å². The molecular formula is C18H21N5O2S. The Morgan fingerprint density at radius 3 is 3.00 bits per heavy atom. The van der Waals surface area contributed by atoms with Gasteiger partial charge >= 0.3 is 0 Å². The molecule has 0 bridgehead atoms. The van der Waals surface area contributed by atoms with Gasteiger partial charge in [0, 0.05) is 12.5 Å². The van der Waals surface area contributed by atoms with Crippen molar-refractivity contribution in [2.75, 3.05) is 18.4 Å². The van der Waals surface area contributed by atoms with Crippen molar-refractivity contribution >= 4 is 32.6 Å². The molecule has 3 heterocycles. The minimum Gasteiger partial charge on any atom is -0.352 e. The maximum Gasteiger partial charge on any atom is 0.249 e. The predicted molar refractivity (Wildman–Crippen MR) is 100 cm³/mol. The van der Waals surface area contributed by atoms with E-state index in [-0.39, 0.29) is 24.4 Å². The lowest BCUT2D eigenvalue weighted by Crippen LogP contribution is -2.35. The molecule has 2 aromatic heterocycles. The number of likely N-dealkylation sites (tertiary alicyclic amines) is 1. The summed E-state index contributed by atoms with van der Waals surface area (Å²) >= 11 is 1.55. The lowest BCUT2D eigenvalue weighted by atomic mass is 10.2. The molecule has 1 atom stereocenters. The highest BCUT2D eigenvalue weighted by Gasteiger charge is 2.34. The van der Waals surface area contributed by atoms with E-state index >= 15 is 0 Å². The third-order valence-corrected chi connectivity index (χ3v) is 5.51. The lowest BCUT2D eigenvalue weighted by molar-refractivity contribution is -0.130. The Balaban J connectivity index is 1.42. The summed E-state index contributed by atoms with van der Waals surface area (Å²) in [7, 11) is 0. The number of amides is 1. The fraction of sp³-hybridized carbons (Fsp3) is 0.444. The molecule has 26 heavy (non-hydrogen) atoms. The van der Waals surface area contributed by atoms with Crippen LogP contribution in [0.25, 0.3) is 10.2 Å². The van der Waals surface area contributed by atoms with E-state index in [0.717, 1.165) is 28.2 Å². The van der Waals surface area contributed by atoms with Crippen LogP contribution in [0.3, 0.4) is 0 Å². The van der Waals surface area contributed by atoms with E-state index in [9.17, 15) is 4.79 Å². The van der Waals surface area contributed by atoms with Gasteiger partial charge in [0.1, 0.15) is 6.04 Å². The largest absolute Gasteiger partial charge is 0.352 e. The topological polar surface area (TPSA) is 84.2 Å². The Labute approximate surface area is 155 Å². The Morgan fingerprint density at radius 2 is 2.23 bits per heavy atom. The van der Waals surface area contributed by atoms with Crippen LogP contribution in [0.5, 0.6) is 0 Å². The van der Waals surface area contributed by atoms with E-state index in [4.69, 9.17) is 4.52 Å². The Hall–Kier alpha value is -2.48. The Morgan fingerprint density at radius 1 is 1.38 bits per heavy atom. The minimum absolute atomic E-state index is 0.0241. The van der Waals surface area contributed by atoms with Crippen LogP contribution in [-0.4, -0.2) is 39.0 Å². The van der Waals surface area contributed by atoms with Crippen molar-refractivity contribution < 1.29 is 9.32 Å². The summed E-state index contributed by atoms with van der Waals surface area (Å²) in [5.41, 5.74) is 0.943. The molecular weight excluding hydrogens is 350 g/mol. The fourth-order valence-corrected chi connectivity index (χ4v) is 4.00. The summed E-state index contributed by atoms with van der Waals surface area (Å²) in [4.78, 5) is 23.5. The summed E-state index contributed by atoms with van der Waals surface area (Å²) < 4.78 is 6.51. The van der Waals surface area contributed by atoms with E-state index in [1.807, 2.05) is 43.0 Å². The molecule has 1 N–H and O–H groups in total. The molecule has 3 aromatic rings. The van der Waals surface area contributed by atoms with Gasteiger partial charge < -0.3 is 14.7 Å². The van der Waals surface area contributed by atoms with Gasteiger partial charge in [-0.05, 0) is 25.0 Å². The van der Waals surface area contributed by atoms with Crippen molar-refractivity contribution in [3.8, 4) is 0 Å². The third-order valence-electron chi connectivity index (χ3n) is 4.52. The normalized spacial score (nSPS) is 17.3. The molecule has 1 fully saturated rings. The molecule has 0 spiro atoms.